The Morgan fingerprint density at radius 1 is 1.36 bits per heavy atom. The topological polar surface area (TPSA) is 59.4 Å². The van der Waals surface area contributed by atoms with Crippen molar-refractivity contribution in [3.05, 3.63) is 36.1 Å². The minimum Gasteiger partial charge on any atom is -0.464 e. The lowest BCUT2D eigenvalue weighted by Crippen LogP contribution is -2.11. The average molecular weight is 191 g/mol. The molecule has 0 bridgehead atoms. The molecule has 3 nitrogen and oxygen atoms in total. The summed E-state index contributed by atoms with van der Waals surface area (Å²) in [5.41, 5.74) is 7.71. The van der Waals surface area contributed by atoms with E-state index in [2.05, 4.69) is 0 Å². The highest BCUT2D eigenvalue weighted by Gasteiger charge is 2.11. The zero-order valence-electron chi connectivity index (χ0n) is 7.81. The Morgan fingerprint density at radius 3 is 2.93 bits per heavy atom. The molecule has 0 aliphatic heterocycles. The zero-order chi connectivity index (χ0) is 9.97. The highest BCUT2D eigenvalue weighted by Crippen LogP contribution is 2.26. The first-order valence-corrected chi connectivity index (χ1v) is 4.65. The number of fused-ring (bicyclic) bond motifs is 1. The van der Waals surface area contributed by atoms with Crippen LogP contribution in [0.2, 0.25) is 0 Å². The molecule has 0 amide bonds. The summed E-state index contributed by atoms with van der Waals surface area (Å²) >= 11 is 0. The first kappa shape index (κ1) is 9.24. The molecule has 1 heterocycles. The summed E-state index contributed by atoms with van der Waals surface area (Å²) < 4.78 is 5.35. The van der Waals surface area contributed by atoms with Crippen LogP contribution in [0.15, 0.2) is 34.9 Å². The number of rotatable bonds is 3. The van der Waals surface area contributed by atoms with Crippen molar-refractivity contribution in [3.63, 3.8) is 0 Å². The van der Waals surface area contributed by atoms with Gasteiger partial charge in [0, 0.05) is 23.6 Å². The molecule has 0 aliphatic rings. The van der Waals surface area contributed by atoms with Gasteiger partial charge in [0.05, 0.1) is 6.26 Å². The van der Waals surface area contributed by atoms with Crippen molar-refractivity contribution in [3.8, 4) is 0 Å². The Balaban J connectivity index is 2.42. The van der Waals surface area contributed by atoms with E-state index in [0.29, 0.717) is 6.42 Å². The highest BCUT2D eigenvalue weighted by atomic mass is 16.3. The van der Waals surface area contributed by atoms with Crippen molar-refractivity contribution < 1.29 is 9.52 Å². The van der Waals surface area contributed by atoms with Crippen LogP contribution in [-0.2, 0) is 0 Å². The maximum Gasteiger partial charge on any atom is 0.134 e. The molecule has 74 valence electrons. The average Bonchev–Trinajstić information content (AvgIpc) is 2.61. The van der Waals surface area contributed by atoms with E-state index in [4.69, 9.17) is 15.3 Å². The highest BCUT2D eigenvalue weighted by molar-refractivity contribution is 5.81. The summed E-state index contributed by atoms with van der Waals surface area (Å²) in [6.07, 6.45) is 2.23. The van der Waals surface area contributed by atoms with Crippen molar-refractivity contribution in [2.45, 2.75) is 12.5 Å². The number of furan rings is 1. The van der Waals surface area contributed by atoms with Crippen molar-refractivity contribution in [1.82, 2.24) is 0 Å². The SMILES string of the molecule is N[C@@H](CCO)c1coc2ccccc12. The molecule has 0 spiro atoms. The Bertz CT molecular complexity index is 422. The van der Waals surface area contributed by atoms with Crippen LogP contribution in [0, 0.1) is 0 Å². The second kappa shape index (κ2) is 3.82. The van der Waals surface area contributed by atoms with Gasteiger partial charge in [-0.1, -0.05) is 18.2 Å². The molecule has 0 saturated heterocycles. The fourth-order valence-corrected chi connectivity index (χ4v) is 1.58. The standard InChI is InChI=1S/C11H13NO2/c12-10(5-6-13)9-7-14-11-4-2-1-3-8(9)11/h1-4,7,10,13H,5-6,12H2/t10-/m0/s1. The molecule has 0 unspecified atom stereocenters. The van der Waals surface area contributed by atoms with Crippen molar-refractivity contribution >= 4 is 11.0 Å². The van der Waals surface area contributed by atoms with E-state index in [-0.39, 0.29) is 12.6 Å². The summed E-state index contributed by atoms with van der Waals surface area (Å²) in [4.78, 5) is 0. The lowest BCUT2D eigenvalue weighted by atomic mass is 10.0. The van der Waals surface area contributed by atoms with Crippen LogP contribution in [0.25, 0.3) is 11.0 Å². The second-order valence-electron chi connectivity index (χ2n) is 3.31. The smallest absolute Gasteiger partial charge is 0.134 e. The molecule has 1 aromatic heterocycles. The summed E-state index contributed by atoms with van der Waals surface area (Å²) in [6.45, 7) is 0.0979. The van der Waals surface area contributed by atoms with Gasteiger partial charge in [-0.15, -0.1) is 0 Å². The third kappa shape index (κ3) is 1.52. The van der Waals surface area contributed by atoms with Crippen LogP contribution in [0.1, 0.15) is 18.0 Å². The molecule has 0 saturated carbocycles. The summed E-state index contributed by atoms with van der Waals surface area (Å²) in [5, 5.41) is 9.83. The van der Waals surface area contributed by atoms with Gasteiger partial charge < -0.3 is 15.3 Å². The number of aliphatic hydroxyl groups is 1. The fourth-order valence-electron chi connectivity index (χ4n) is 1.58. The molecule has 2 aromatic rings. The third-order valence-electron chi connectivity index (χ3n) is 2.35. The van der Waals surface area contributed by atoms with Crippen LogP contribution in [0.3, 0.4) is 0 Å². The van der Waals surface area contributed by atoms with Gasteiger partial charge in [-0.25, -0.2) is 0 Å². The van der Waals surface area contributed by atoms with Gasteiger partial charge in [-0.05, 0) is 12.5 Å². The molecule has 3 heteroatoms. The maximum absolute atomic E-state index is 8.80. The first-order valence-electron chi connectivity index (χ1n) is 4.65. The van der Waals surface area contributed by atoms with Crippen molar-refractivity contribution in [1.29, 1.82) is 0 Å². The van der Waals surface area contributed by atoms with E-state index >= 15 is 0 Å². The normalized spacial score (nSPS) is 13.3. The quantitative estimate of drug-likeness (QED) is 0.777. The second-order valence-corrected chi connectivity index (χ2v) is 3.31. The fraction of sp³-hybridized carbons (Fsp3) is 0.273. The first-order chi connectivity index (χ1) is 6.83. The van der Waals surface area contributed by atoms with Crippen LogP contribution < -0.4 is 5.73 Å². The Labute approximate surface area is 82.1 Å². The summed E-state index contributed by atoms with van der Waals surface area (Å²) in [5.74, 6) is 0. The monoisotopic (exact) mass is 191 g/mol. The largest absolute Gasteiger partial charge is 0.464 e. The third-order valence-corrected chi connectivity index (χ3v) is 2.35. The van der Waals surface area contributed by atoms with E-state index in [1.165, 1.54) is 0 Å². The predicted molar refractivity (Wildman–Crippen MR) is 54.8 cm³/mol. The number of hydrogen-bond donors (Lipinski definition) is 2. The Hall–Kier alpha value is -1.32. The molecule has 0 fully saturated rings. The predicted octanol–water partition coefficient (Wildman–Crippen LogP) is 1.81. The van der Waals surface area contributed by atoms with Gasteiger partial charge in [0.15, 0.2) is 0 Å². The Morgan fingerprint density at radius 2 is 2.14 bits per heavy atom. The molecular weight excluding hydrogens is 178 g/mol. The Kier molecular flexibility index (Phi) is 2.52. The number of hydrogen-bond acceptors (Lipinski definition) is 3. The molecule has 1 aromatic carbocycles. The van der Waals surface area contributed by atoms with Gasteiger partial charge >= 0.3 is 0 Å². The van der Waals surface area contributed by atoms with Gasteiger partial charge in [-0.3, -0.25) is 0 Å². The van der Waals surface area contributed by atoms with Gasteiger partial charge in [0.2, 0.25) is 0 Å². The van der Waals surface area contributed by atoms with Gasteiger partial charge in [-0.2, -0.15) is 0 Å². The number of aliphatic hydroxyl groups excluding tert-OH is 1. The van der Waals surface area contributed by atoms with Crippen molar-refractivity contribution in [2.75, 3.05) is 6.61 Å². The molecule has 0 aliphatic carbocycles. The lowest BCUT2D eigenvalue weighted by Gasteiger charge is -2.06. The van der Waals surface area contributed by atoms with Crippen LogP contribution in [-0.4, -0.2) is 11.7 Å². The maximum atomic E-state index is 8.80. The molecule has 14 heavy (non-hydrogen) atoms. The number of para-hydroxylation sites is 1. The molecule has 3 N–H and O–H groups in total. The molecule has 2 rings (SSSR count). The van der Waals surface area contributed by atoms with E-state index in [1.54, 1.807) is 6.26 Å². The van der Waals surface area contributed by atoms with E-state index < -0.39 is 0 Å². The molecule has 1 atom stereocenters. The van der Waals surface area contributed by atoms with Crippen LogP contribution in [0.4, 0.5) is 0 Å². The number of benzene rings is 1. The van der Waals surface area contributed by atoms with Crippen LogP contribution in [0.5, 0.6) is 0 Å². The summed E-state index contributed by atoms with van der Waals surface area (Å²) in [6, 6.07) is 7.61. The minimum atomic E-state index is -0.149. The molecule has 0 radical (unpaired) electrons. The molecular formula is C11H13NO2. The minimum absolute atomic E-state index is 0.0979. The van der Waals surface area contributed by atoms with Crippen LogP contribution >= 0.6 is 0 Å². The van der Waals surface area contributed by atoms with Gasteiger partial charge in [0.1, 0.15) is 5.58 Å². The van der Waals surface area contributed by atoms with Gasteiger partial charge in [0.25, 0.3) is 0 Å². The zero-order valence-corrected chi connectivity index (χ0v) is 7.81. The lowest BCUT2D eigenvalue weighted by molar-refractivity contribution is 0.276. The van der Waals surface area contributed by atoms with E-state index in [0.717, 1.165) is 16.5 Å². The van der Waals surface area contributed by atoms with Crippen molar-refractivity contribution in [2.24, 2.45) is 5.73 Å². The van der Waals surface area contributed by atoms with E-state index in [1.807, 2.05) is 24.3 Å². The van der Waals surface area contributed by atoms with E-state index in [9.17, 15) is 0 Å². The summed E-state index contributed by atoms with van der Waals surface area (Å²) in [7, 11) is 0. The number of nitrogens with two attached hydrogens (primary N) is 1.